The lowest BCUT2D eigenvalue weighted by atomic mass is 10.2. The molecule has 0 fully saturated rings. The van der Waals surface area contributed by atoms with E-state index in [2.05, 4.69) is 22.2 Å². The highest BCUT2D eigenvalue weighted by molar-refractivity contribution is 7.15. The Labute approximate surface area is 142 Å². The molecule has 1 amide bonds. The molecule has 130 valence electrons. The topological polar surface area (TPSA) is 83.5 Å². The molecule has 0 spiro atoms. The van der Waals surface area contributed by atoms with E-state index in [4.69, 9.17) is 4.74 Å². The number of carbonyl (C=O) groups excluding carboxylic acids is 1. The van der Waals surface area contributed by atoms with Crippen LogP contribution in [0.2, 0.25) is 0 Å². The second kappa shape index (κ2) is 11.2. The van der Waals surface area contributed by atoms with Crippen molar-refractivity contribution in [3.05, 3.63) is 23.7 Å². The molecule has 0 radical (unpaired) electrons. The molecule has 0 aliphatic heterocycles. The maximum atomic E-state index is 11.9. The number of ether oxygens (including phenoxy) is 1. The van der Waals surface area contributed by atoms with Gasteiger partial charge in [-0.1, -0.05) is 31.3 Å². The van der Waals surface area contributed by atoms with Gasteiger partial charge in [0.15, 0.2) is 0 Å². The third kappa shape index (κ3) is 8.68. The quantitative estimate of drug-likeness (QED) is 0.400. The number of hydrogen-bond donors (Lipinski definition) is 3. The Morgan fingerprint density at radius 3 is 3.00 bits per heavy atom. The molecule has 3 N–H and O–H groups in total. The van der Waals surface area contributed by atoms with Crippen LogP contribution in [0.15, 0.2) is 18.9 Å². The number of nitrogens with zero attached hydrogens (tertiary/aromatic N) is 1. The molecule has 0 saturated carbocycles. The van der Waals surface area contributed by atoms with Gasteiger partial charge < -0.3 is 20.5 Å². The minimum Gasteiger partial charge on any atom is -0.467 e. The number of carbonyl (C=O) groups is 1. The minimum atomic E-state index is -0.608. The van der Waals surface area contributed by atoms with Crippen LogP contribution in [-0.4, -0.2) is 47.8 Å². The average Bonchev–Trinajstić information content (AvgIpc) is 2.99. The summed E-state index contributed by atoms with van der Waals surface area (Å²) in [6, 6.07) is 0.311. The zero-order chi connectivity index (χ0) is 17.1. The van der Waals surface area contributed by atoms with E-state index >= 15 is 0 Å². The van der Waals surface area contributed by atoms with Crippen LogP contribution >= 0.6 is 11.3 Å². The van der Waals surface area contributed by atoms with Gasteiger partial charge in [0.25, 0.3) is 11.1 Å². The maximum Gasteiger partial charge on any atom is 0.273 e. The molecule has 1 rings (SSSR count). The first-order chi connectivity index (χ1) is 11.0. The molecule has 0 aromatic carbocycles. The van der Waals surface area contributed by atoms with Gasteiger partial charge >= 0.3 is 0 Å². The van der Waals surface area contributed by atoms with Crippen molar-refractivity contribution < 1.29 is 14.6 Å². The van der Waals surface area contributed by atoms with E-state index in [1.807, 2.05) is 19.9 Å². The maximum absolute atomic E-state index is 11.9. The van der Waals surface area contributed by atoms with E-state index in [0.717, 1.165) is 19.3 Å². The Hall–Kier alpha value is -1.44. The summed E-state index contributed by atoms with van der Waals surface area (Å²) in [5.41, 5.74) is 0. The number of rotatable bonds is 12. The van der Waals surface area contributed by atoms with E-state index < -0.39 is 6.10 Å². The second-order valence-corrected chi connectivity index (χ2v) is 6.55. The number of aromatic nitrogens is 1. The van der Waals surface area contributed by atoms with E-state index in [0.29, 0.717) is 29.2 Å². The van der Waals surface area contributed by atoms with Crippen LogP contribution in [0, 0.1) is 0 Å². The van der Waals surface area contributed by atoms with Crippen molar-refractivity contribution in [2.75, 3.05) is 19.7 Å². The highest BCUT2D eigenvalue weighted by Gasteiger charge is 2.12. The van der Waals surface area contributed by atoms with Crippen molar-refractivity contribution in [2.24, 2.45) is 0 Å². The highest BCUT2D eigenvalue weighted by atomic mass is 32.1. The molecule has 1 unspecified atom stereocenters. The Morgan fingerprint density at radius 1 is 1.52 bits per heavy atom. The van der Waals surface area contributed by atoms with Gasteiger partial charge in [-0.3, -0.25) is 4.79 Å². The molecule has 6 nitrogen and oxygen atoms in total. The molecule has 1 aromatic heterocycles. The fraction of sp³-hybridized carbons (Fsp3) is 0.625. The molecule has 1 heterocycles. The number of amides is 1. The summed E-state index contributed by atoms with van der Waals surface area (Å²) in [6.07, 6.45) is 5.67. The predicted molar refractivity (Wildman–Crippen MR) is 93.1 cm³/mol. The van der Waals surface area contributed by atoms with Gasteiger partial charge in [0.05, 0.1) is 6.20 Å². The van der Waals surface area contributed by atoms with Crippen molar-refractivity contribution >= 4 is 17.2 Å². The lowest BCUT2D eigenvalue weighted by Gasteiger charge is -2.13. The third-order valence-corrected chi connectivity index (χ3v) is 3.90. The van der Waals surface area contributed by atoms with Gasteiger partial charge in [-0.2, -0.15) is 0 Å². The largest absolute Gasteiger partial charge is 0.467 e. The van der Waals surface area contributed by atoms with Crippen LogP contribution in [0.4, 0.5) is 0 Å². The number of unbranched alkanes of at least 4 members (excludes halogenated alkanes) is 2. The number of aliphatic hydroxyl groups excluding tert-OH is 1. The molecule has 1 atom stereocenters. The first kappa shape index (κ1) is 19.6. The van der Waals surface area contributed by atoms with Gasteiger partial charge in [-0.05, 0) is 19.3 Å². The Morgan fingerprint density at radius 2 is 2.30 bits per heavy atom. The van der Waals surface area contributed by atoms with Crippen LogP contribution in [0.5, 0.6) is 5.19 Å². The summed E-state index contributed by atoms with van der Waals surface area (Å²) in [6.45, 7) is 8.93. The summed E-state index contributed by atoms with van der Waals surface area (Å²) >= 11 is 1.18. The monoisotopic (exact) mass is 341 g/mol. The summed E-state index contributed by atoms with van der Waals surface area (Å²) in [4.78, 5) is 16.5. The van der Waals surface area contributed by atoms with E-state index in [1.165, 1.54) is 17.5 Å². The molecule has 0 saturated heterocycles. The van der Waals surface area contributed by atoms with Gasteiger partial charge in [0.1, 0.15) is 17.6 Å². The lowest BCUT2D eigenvalue weighted by molar-refractivity contribution is 0.0957. The van der Waals surface area contributed by atoms with E-state index in [-0.39, 0.29) is 12.5 Å². The molecule has 0 aliphatic carbocycles. The first-order valence-corrected chi connectivity index (χ1v) is 8.73. The van der Waals surface area contributed by atoms with Crippen LogP contribution < -0.4 is 15.4 Å². The second-order valence-electron chi connectivity index (χ2n) is 5.56. The average molecular weight is 341 g/mol. The zero-order valence-corrected chi connectivity index (χ0v) is 14.7. The number of allylic oxidation sites excluding steroid dienone is 1. The summed E-state index contributed by atoms with van der Waals surface area (Å²) in [5, 5.41) is 16.1. The Balaban J connectivity index is 2.27. The lowest BCUT2D eigenvalue weighted by Crippen LogP contribution is -2.35. The van der Waals surface area contributed by atoms with Crippen molar-refractivity contribution in [3.8, 4) is 5.19 Å². The number of aliphatic hydroxyl groups is 1. The standard InChI is InChI=1S/C16H27N3O3S/c1-4-5-6-7-8-17-15(21)14-10-19-16(23-14)22-11-13(20)9-18-12(2)3/h4,10,12-13,18,20H,1,5-9,11H2,2-3H3,(H,17,21). The smallest absolute Gasteiger partial charge is 0.273 e. The van der Waals surface area contributed by atoms with Gasteiger partial charge in [0, 0.05) is 19.1 Å². The van der Waals surface area contributed by atoms with Gasteiger partial charge in [0.2, 0.25) is 0 Å². The van der Waals surface area contributed by atoms with E-state index in [9.17, 15) is 9.90 Å². The van der Waals surface area contributed by atoms with Crippen LogP contribution in [0.25, 0.3) is 0 Å². The zero-order valence-electron chi connectivity index (χ0n) is 13.9. The minimum absolute atomic E-state index is 0.141. The van der Waals surface area contributed by atoms with E-state index in [1.54, 1.807) is 0 Å². The Bertz CT molecular complexity index is 477. The predicted octanol–water partition coefficient (Wildman–Crippen LogP) is 1.97. The SMILES string of the molecule is C=CCCCCNC(=O)c1cnc(OCC(O)CNC(C)C)s1. The third-order valence-electron chi connectivity index (χ3n) is 2.99. The number of thiazole rings is 1. The summed E-state index contributed by atoms with van der Waals surface area (Å²) in [5.74, 6) is -0.141. The molecular weight excluding hydrogens is 314 g/mol. The van der Waals surface area contributed by atoms with Crippen molar-refractivity contribution in [1.82, 2.24) is 15.6 Å². The molecular formula is C16H27N3O3S. The number of nitrogens with one attached hydrogen (secondary N) is 2. The van der Waals surface area contributed by atoms with Crippen molar-refractivity contribution in [1.29, 1.82) is 0 Å². The fourth-order valence-electron chi connectivity index (χ4n) is 1.73. The summed E-state index contributed by atoms with van der Waals surface area (Å²) in [7, 11) is 0. The van der Waals surface area contributed by atoms with Crippen LogP contribution in [-0.2, 0) is 0 Å². The van der Waals surface area contributed by atoms with Crippen molar-refractivity contribution in [2.45, 2.75) is 45.3 Å². The molecule has 1 aromatic rings. The van der Waals surface area contributed by atoms with Gasteiger partial charge in [-0.15, -0.1) is 6.58 Å². The van der Waals surface area contributed by atoms with Crippen LogP contribution in [0.1, 0.15) is 42.8 Å². The molecule has 0 bridgehead atoms. The molecule has 23 heavy (non-hydrogen) atoms. The normalized spacial score (nSPS) is 12.2. The molecule has 0 aliphatic rings. The van der Waals surface area contributed by atoms with Crippen LogP contribution in [0.3, 0.4) is 0 Å². The molecule has 7 heteroatoms. The summed E-state index contributed by atoms with van der Waals surface area (Å²) < 4.78 is 5.41. The first-order valence-electron chi connectivity index (χ1n) is 7.92. The number of hydrogen-bond acceptors (Lipinski definition) is 6. The Kier molecular flexibility index (Phi) is 9.51. The fourth-order valence-corrected chi connectivity index (χ4v) is 2.42. The van der Waals surface area contributed by atoms with Gasteiger partial charge in [-0.25, -0.2) is 4.98 Å². The van der Waals surface area contributed by atoms with Crippen molar-refractivity contribution in [3.63, 3.8) is 0 Å². The highest BCUT2D eigenvalue weighted by Crippen LogP contribution is 2.20.